The molecule has 1 fully saturated rings. The number of carbonyl (C=O) groups excluding carboxylic acids is 1. The summed E-state index contributed by atoms with van der Waals surface area (Å²) in [6.45, 7) is 1.96. The van der Waals surface area contributed by atoms with Gasteiger partial charge in [-0.15, -0.1) is 0 Å². The fourth-order valence-electron chi connectivity index (χ4n) is 2.47. The first-order valence-corrected chi connectivity index (χ1v) is 8.36. The van der Waals surface area contributed by atoms with E-state index in [1.165, 1.54) is 6.26 Å². The Labute approximate surface area is 133 Å². The summed E-state index contributed by atoms with van der Waals surface area (Å²) >= 11 is 1.76. The molecule has 2 N–H and O–H groups in total. The van der Waals surface area contributed by atoms with Gasteiger partial charge in [-0.05, 0) is 49.0 Å². The monoisotopic (exact) mass is 318 g/mol. The number of rotatable bonds is 3. The number of oxazole rings is 1. The SMILES string of the molecule is Cc1ccc(NC(=O)C2(O)CCSCC2)cc1-c1ncco1. The average Bonchev–Trinajstić information content (AvgIpc) is 3.04. The summed E-state index contributed by atoms with van der Waals surface area (Å²) in [4.78, 5) is 16.5. The van der Waals surface area contributed by atoms with Gasteiger partial charge in [-0.3, -0.25) is 4.79 Å². The molecule has 5 nitrogen and oxygen atoms in total. The molecule has 1 aliphatic rings. The third kappa shape index (κ3) is 3.03. The zero-order chi connectivity index (χ0) is 15.6. The van der Waals surface area contributed by atoms with Crippen molar-refractivity contribution in [2.45, 2.75) is 25.4 Å². The van der Waals surface area contributed by atoms with E-state index in [4.69, 9.17) is 4.42 Å². The summed E-state index contributed by atoms with van der Waals surface area (Å²) in [6, 6.07) is 5.54. The Kier molecular flexibility index (Phi) is 4.22. The lowest BCUT2D eigenvalue weighted by atomic mass is 9.95. The van der Waals surface area contributed by atoms with Crippen LogP contribution in [0.5, 0.6) is 0 Å². The molecule has 0 aliphatic carbocycles. The number of amides is 1. The van der Waals surface area contributed by atoms with Crippen molar-refractivity contribution in [3.8, 4) is 11.5 Å². The molecule has 22 heavy (non-hydrogen) atoms. The molecule has 2 aromatic rings. The number of anilines is 1. The number of nitrogens with one attached hydrogen (secondary N) is 1. The summed E-state index contributed by atoms with van der Waals surface area (Å²) in [5, 5.41) is 13.3. The summed E-state index contributed by atoms with van der Waals surface area (Å²) in [5.41, 5.74) is 1.21. The lowest BCUT2D eigenvalue weighted by molar-refractivity contribution is -0.134. The summed E-state index contributed by atoms with van der Waals surface area (Å²) in [5.74, 6) is 1.79. The summed E-state index contributed by atoms with van der Waals surface area (Å²) in [6.07, 6.45) is 4.08. The fraction of sp³-hybridized carbons (Fsp3) is 0.375. The third-order valence-corrected chi connectivity index (χ3v) is 4.89. The number of thioether (sulfide) groups is 1. The highest BCUT2D eigenvalue weighted by Gasteiger charge is 2.37. The van der Waals surface area contributed by atoms with Gasteiger partial charge in [0.15, 0.2) is 0 Å². The van der Waals surface area contributed by atoms with Crippen LogP contribution in [-0.2, 0) is 4.79 Å². The number of benzene rings is 1. The second-order valence-corrected chi connectivity index (χ2v) is 6.69. The number of aryl methyl sites for hydroxylation is 1. The first kappa shape index (κ1) is 15.1. The van der Waals surface area contributed by atoms with Gasteiger partial charge >= 0.3 is 0 Å². The highest BCUT2D eigenvalue weighted by atomic mass is 32.2. The van der Waals surface area contributed by atoms with Gasteiger partial charge in [0, 0.05) is 11.3 Å². The van der Waals surface area contributed by atoms with Crippen LogP contribution in [0.2, 0.25) is 0 Å². The van der Waals surface area contributed by atoms with Gasteiger partial charge < -0.3 is 14.8 Å². The maximum Gasteiger partial charge on any atom is 0.256 e. The molecule has 3 rings (SSSR count). The van der Waals surface area contributed by atoms with E-state index in [0.29, 0.717) is 24.4 Å². The van der Waals surface area contributed by atoms with Crippen molar-refractivity contribution in [2.75, 3.05) is 16.8 Å². The van der Waals surface area contributed by atoms with Gasteiger partial charge in [0.2, 0.25) is 5.89 Å². The van der Waals surface area contributed by atoms with Gasteiger partial charge in [0.25, 0.3) is 5.91 Å². The normalized spacial score (nSPS) is 17.2. The molecule has 0 atom stereocenters. The van der Waals surface area contributed by atoms with Crippen molar-refractivity contribution in [1.82, 2.24) is 4.98 Å². The Morgan fingerprint density at radius 3 is 2.86 bits per heavy atom. The van der Waals surface area contributed by atoms with Crippen LogP contribution in [0.1, 0.15) is 18.4 Å². The van der Waals surface area contributed by atoms with E-state index in [0.717, 1.165) is 22.6 Å². The molecule has 2 heterocycles. The molecular weight excluding hydrogens is 300 g/mol. The number of nitrogens with zero attached hydrogens (tertiary/aromatic N) is 1. The number of hydrogen-bond donors (Lipinski definition) is 2. The van der Waals surface area contributed by atoms with Crippen LogP contribution >= 0.6 is 11.8 Å². The summed E-state index contributed by atoms with van der Waals surface area (Å²) in [7, 11) is 0. The molecule has 1 saturated heterocycles. The van der Waals surface area contributed by atoms with Crippen molar-refractivity contribution >= 4 is 23.4 Å². The van der Waals surface area contributed by atoms with Crippen molar-refractivity contribution in [1.29, 1.82) is 0 Å². The molecule has 6 heteroatoms. The smallest absolute Gasteiger partial charge is 0.256 e. The second-order valence-electron chi connectivity index (χ2n) is 5.47. The van der Waals surface area contributed by atoms with E-state index in [9.17, 15) is 9.90 Å². The highest BCUT2D eigenvalue weighted by molar-refractivity contribution is 7.99. The molecule has 0 spiro atoms. The van der Waals surface area contributed by atoms with E-state index >= 15 is 0 Å². The van der Waals surface area contributed by atoms with Crippen LogP contribution in [0.3, 0.4) is 0 Å². The first-order valence-electron chi connectivity index (χ1n) is 7.21. The van der Waals surface area contributed by atoms with E-state index in [1.807, 2.05) is 25.1 Å². The Morgan fingerprint density at radius 2 is 2.18 bits per heavy atom. The Bertz CT molecular complexity index is 664. The molecule has 1 aromatic carbocycles. The Morgan fingerprint density at radius 1 is 1.41 bits per heavy atom. The van der Waals surface area contributed by atoms with Crippen molar-refractivity contribution < 1.29 is 14.3 Å². The van der Waals surface area contributed by atoms with Crippen molar-refractivity contribution in [3.05, 3.63) is 36.2 Å². The predicted molar refractivity (Wildman–Crippen MR) is 86.8 cm³/mol. The molecule has 1 aromatic heterocycles. The van der Waals surface area contributed by atoms with Crippen molar-refractivity contribution in [2.24, 2.45) is 0 Å². The molecule has 116 valence electrons. The number of hydrogen-bond acceptors (Lipinski definition) is 5. The van der Waals surface area contributed by atoms with E-state index < -0.39 is 5.60 Å². The largest absolute Gasteiger partial charge is 0.445 e. The highest BCUT2D eigenvalue weighted by Crippen LogP contribution is 2.30. The van der Waals surface area contributed by atoms with Gasteiger partial charge in [0.05, 0.1) is 6.20 Å². The van der Waals surface area contributed by atoms with E-state index in [2.05, 4.69) is 10.3 Å². The number of aliphatic hydroxyl groups is 1. The number of aromatic nitrogens is 1. The maximum atomic E-state index is 12.4. The van der Waals surface area contributed by atoms with Crippen LogP contribution in [0.25, 0.3) is 11.5 Å². The van der Waals surface area contributed by atoms with E-state index in [1.54, 1.807) is 18.0 Å². The van der Waals surface area contributed by atoms with Crippen molar-refractivity contribution in [3.63, 3.8) is 0 Å². The third-order valence-electron chi connectivity index (χ3n) is 3.90. The number of carbonyl (C=O) groups is 1. The second kappa shape index (κ2) is 6.14. The molecule has 0 radical (unpaired) electrons. The van der Waals surface area contributed by atoms with Crippen LogP contribution in [0.15, 0.2) is 35.1 Å². The Hall–Kier alpha value is -1.79. The maximum absolute atomic E-state index is 12.4. The van der Waals surface area contributed by atoms with Crippen LogP contribution in [0, 0.1) is 6.92 Å². The van der Waals surface area contributed by atoms with Crippen LogP contribution < -0.4 is 5.32 Å². The molecule has 0 unspecified atom stereocenters. The lowest BCUT2D eigenvalue weighted by Gasteiger charge is -2.30. The van der Waals surface area contributed by atoms with Crippen LogP contribution in [-0.4, -0.2) is 33.1 Å². The minimum Gasteiger partial charge on any atom is -0.445 e. The first-order chi connectivity index (χ1) is 10.6. The van der Waals surface area contributed by atoms with Gasteiger partial charge in [-0.1, -0.05) is 6.07 Å². The molecular formula is C16H18N2O3S. The van der Waals surface area contributed by atoms with Gasteiger partial charge in [0.1, 0.15) is 11.9 Å². The standard InChI is InChI=1S/C16H18N2O3S/c1-11-2-3-12(10-13(11)14-17-6-7-21-14)18-15(19)16(20)4-8-22-9-5-16/h2-3,6-7,10,20H,4-5,8-9H2,1H3,(H,18,19). The lowest BCUT2D eigenvalue weighted by Crippen LogP contribution is -2.45. The quantitative estimate of drug-likeness (QED) is 0.910. The zero-order valence-electron chi connectivity index (χ0n) is 12.3. The Balaban J connectivity index is 1.81. The molecule has 1 aliphatic heterocycles. The fourth-order valence-corrected chi connectivity index (χ4v) is 3.64. The predicted octanol–water partition coefficient (Wildman–Crippen LogP) is 2.85. The minimum atomic E-state index is -1.26. The van der Waals surface area contributed by atoms with Gasteiger partial charge in [-0.25, -0.2) is 4.98 Å². The minimum absolute atomic E-state index is 0.338. The molecule has 1 amide bonds. The van der Waals surface area contributed by atoms with Crippen LogP contribution in [0.4, 0.5) is 5.69 Å². The van der Waals surface area contributed by atoms with Gasteiger partial charge in [-0.2, -0.15) is 11.8 Å². The molecule has 0 saturated carbocycles. The topological polar surface area (TPSA) is 75.4 Å². The average molecular weight is 318 g/mol. The van der Waals surface area contributed by atoms with E-state index in [-0.39, 0.29) is 5.91 Å². The summed E-state index contributed by atoms with van der Waals surface area (Å²) < 4.78 is 5.32. The molecule has 0 bridgehead atoms. The zero-order valence-corrected chi connectivity index (χ0v) is 13.2.